The van der Waals surface area contributed by atoms with Crippen LogP contribution >= 0.6 is 0 Å². The minimum Gasteiger partial charge on any atom is -0.313 e. The highest BCUT2D eigenvalue weighted by atomic mass is 14.8. The lowest BCUT2D eigenvalue weighted by molar-refractivity contribution is 0.711. The van der Waals surface area contributed by atoms with Gasteiger partial charge in [-0.3, -0.25) is 0 Å². The molecule has 0 saturated heterocycles. The first-order chi connectivity index (χ1) is 4.84. The van der Waals surface area contributed by atoms with E-state index in [9.17, 15) is 0 Å². The zero-order valence-corrected chi connectivity index (χ0v) is 6.17. The van der Waals surface area contributed by atoms with Crippen molar-refractivity contribution in [2.24, 2.45) is 0 Å². The standard InChI is InChI=1S/C9H12N/c1-8(10-2)9-6-4-3-5-7-9/h3-8,10H,1H2,2H3. The molecule has 1 N–H and O–H groups in total. The molecule has 0 spiro atoms. The predicted molar refractivity (Wildman–Crippen MR) is 43.6 cm³/mol. The molecule has 1 rings (SSSR count). The van der Waals surface area contributed by atoms with Gasteiger partial charge in [-0.15, -0.1) is 0 Å². The summed E-state index contributed by atoms with van der Waals surface area (Å²) in [5.41, 5.74) is 1.23. The Morgan fingerprint density at radius 1 is 1.30 bits per heavy atom. The SMILES string of the molecule is [CH2]C(NC)c1ccccc1. The van der Waals surface area contributed by atoms with Crippen LogP contribution in [-0.4, -0.2) is 7.05 Å². The summed E-state index contributed by atoms with van der Waals surface area (Å²) in [4.78, 5) is 0. The van der Waals surface area contributed by atoms with Crippen LogP contribution in [0.15, 0.2) is 30.3 Å². The Morgan fingerprint density at radius 2 is 1.90 bits per heavy atom. The zero-order valence-electron chi connectivity index (χ0n) is 6.17. The molecule has 1 nitrogen and oxygen atoms in total. The molecule has 0 aliphatic rings. The zero-order chi connectivity index (χ0) is 7.40. The maximum Gasteiger partial charge on any atom is 0.0318 e. The largest absolute Gasteiger partial charge is 0.313 e. The van der Waals surface area contributed by atoms with Gasteiger partial charge in [-0.25, -0.2) is 0 Å². The Morgan fingerprint density at radius 3 is 2.40 bits per heavy atom. The van der Waals surface area contributed by atoms with Crippen LogP contribution in [0.25, 0.3) is 0 Å². The van der Waals surface area contributed by atoms with Crippen molar-refractivity contribution in [2.45, 2.75) is 6.04 Å². The smallest absolute Gasteiger partial charge is 0.0318 e. The third-order valence-corrected chi connectivity index (χ3v) is 1.55. The van der Waals surface area contributed by atoms with E-state index in [2.05, 4.69) is 24.4 Å². The molecule has 0 aromatic heterocycles. The lowest BCUT2D eigenvalue weighted by Crippen LogP contribution is -2.12. The molecule has 1 radical (unpaired) electrons. The first-order valence-electron chi connectivity index (χ1n) is 3.40. The lowest BCUT2D eigenvalue weighted by Gasteiger charge is -2.08. The van der Waals surface area contributed by atoms with E-state index in [1.807, 2.05) is 25.2 Å². The van der Waals surface area contributed by atoms with Crippen molar-refractivity contribution in [3.05, 3.63) is 42.8 Å². The van der Waals surface area contributed by atoms with Crippen molar-refractivity contribution in [3.63, 3.8) is 0 Å². The minimum absolute atomic E-state index is 0.209. The summed E-state index contributed by atoms with van der Waals surface area (Å²) in [5, 5.41) is 3.07. The Balaban J connectivity index is 2.75. The maximum atomic E-state index is 3.92. The third-order valence-electron chi connectivity index (χ3n) is 1.55. The van der Waals surface area contributed by atoms with E-state index in [1.54, 1.807) is 0 Å². The molecule has 0 amide bonds. The Bertz CT molecular complexity index is 181. The van der Waals surface area contributed by atoms with Crippen LogP contribution in [-0.2, 0) is 0 Å². The molecule has 0 saturated carbocycles. The van der Waals surface area contributed by atoms with E-state index in [0.717, 1.165) is 0 Å². The van der Waals surface area contributed by atoms with Gasteiger partial charge in [0.05, 0.1) is 0 Å². The summed E-state index contributed by atoms with van der Waals surface area (Å²) in [5.74, 6) is 0. The molecule has 0 aliphatic carbocycles. The van der Waals surface area contributed by atoms with Crippen molar-refractivity contribution in [3.8, 4) is 0 Å². The second-order valence-corrected chi connectivity index (χ2v) is 2.25. The molecular formula is C9H12N. The van der Waals surface area contributed by atoms with Crippen molar-refractivity contribution >= 4 is 0 Å². The first kappa shape index (κ1) is 7.29. The van der Waals surface area contributed by atoms with Gasteiger partial charge in [-0.2, -0.15) is 0 Å². The summed E-state index contributed by atoms with van der Waals surface area (Å²) in [6.45, 7) is 3.92. The molecule has 10 heavy (non-hydrogen) atoms. The number of nitrogens with one attached hydrogen (secondary N) is 1. The van der Waals surface area contributed by atoms with Crippen LogP contribution < -0.4 is 5.32 Å². The summed E-state index contributed by atoms with van der Waals surface area (Å²) in [7, 11) is 1.91. The van der Waals surface area contributed by atoms with Crippen molar-refractivity contribution in [1.29, 1.82) is 0 Å². The summed E-state index contributed by atoms with van der Waals surface area (Å²) in [6, 6.07) is 10.4. The highest BCUT2D eigenvalue weighted by molar-refractivity contribution is 5.19. The third kappa shape index (κ3) is 1.58. The number of benzene rings is 1. The van der Waals surface area contributed by atoms with Crippen LogP contribution in [0.5, 0.6) is 0 Å². The molecular weight excluding hydrogens is 122 g/mol. The molecule has 0 heterocycles. The van der Waals surface area contributed by atoms with Crippen molar-refractivity contribution < 1.29 is 0 Å². The average Bonchev–Trinajstić information content (AvgIpc) is 2.05. The highest BCUT2D eigenvalue weighted by Gasteiger charge is 1.98. The van der Waals surface area contributed by atoms with Gasteiger partial charge in [0.15, 0.2) is 0 Å². The van der Waals surface area contributed by atoms with E-state index in [-0.39, 0.29) is 6.04 Å². The Kier molecular flexibility index (Phi) is 2.46. The number of hydrogen-bond donors (Lipinski definition) is 1. The molecule has 1 unspecified atom stereocenters. The Labute approximate surface area is 62.1 Å². The van der Waals surface area contributed by atoms with Gasteiger partial charge in [0.1, 0.15) is 0 Å². The minimum atomic E-state index is 0.209. The fraction of sp³-hybridized carbons (Fsp3) is 0.222. The molecule has 1 atom stereocenters. The van der Waals surface area contributed by atoms with Crippen molar-refractivity contribution in [2.75, 3.05) is 7.05 Å². The van der Waals surface area contributed by atoms with E-state index >= 15 is 0 Å². The van der Waals surface area contributed by atoms with Crippen LogP contribution in [0.2, 0.25) is 0 Å². The normalized spacial score (nSPS) is 13.0. The molecule has 0 bridgehead atoms. The fourth-order valence-electron chi connectivity index (χ4n) is 0.852. The molecule has 1 heteroatoms. The van der Waals surface area contributed by atoms with Crippen molar-refractivity contribution in [1.82, 2.24) is 5.32 Å². The summed E-state index contributed by atoms with van der Waals surface area (Å²) < 4.78 is 0. The van der Waals surface area contributed by atoms with Crippen LogP contribution in [0.3, 0.4) is 0 Å². The van der Waals surface area contributed by atoms with Gasteiger partial charge in [0.25, 0.3) is 0 Å². The molecule has 53 valence electrons. The van der Waals surface area contributed by atoms with Crippen LogP contribution in [0, 0.1) is 6.92 Å². The molecule has 0 fully saturated rings. The molecule has 0 aliphatic heterocycles. The maximum absolute atomic E-state index is 3.92. The predicted octanol–water partition coefficient (Wildman–Crippen LogP) is 1.78. The van der Waals surface area contributed by atoms with Gasteiger partial charge in [-0.1, -0.05) is 30.3 Å². The van der Waals surface area contributed by atoms with E-state index < -0.39 is 0 Å². The average molecular weight is 134 g/mol. The van der Waals surface area contributed by atoms with Gasteiger partial charge >= 0.3 is 0 Å². The second kappa shape index (κ2) is 3.37. The fourth-order valence-corrected chi connectivity index (χ4v) is 0.852. The molecule has 1 aromatic rings. The van der Waals surface area contributed by atoms with Gasteiger partial charge in [0, 0.05) is 6.04 Å². The first-order valence-corrected chi connectivity index (χ1v) is 3.40. The van der Waals surface area contributed by atoms with Gasteiger partial charge in [0.2, 0.25) is 0 Å². The summed E-state index contributed by atoms with van der Waals surface area (Å²) in [6.07, 6.45) is 0. The van der Waals surface area contributed by atoms with Gasteiger partial charge in [-0.05, 0) is 19.5 Å². The monoisotopic (exact) mass is 134 g/mol. The van der Waals surface area contributed by atoms with Gasteiger partial charge < -0.3 is 5.32 Å². The quantitative estimate of drug-likeness (QED) is 0.650. The highest BCUT2D eigenvalue weighted by Crippen LogP contribution is 2.08. The topological polar surface area (TPSA) is 12.0 Å². The lowest BCUT2D eigenvalue weighted by atomic mass is 10.1. The number of rotatable bonds is 2. The van der Waals surface area contributed by atoms with Crippen LogP contribution in [0.1, 0.15) is 11.6 Å². The molecule has 1 aromatic carbocycles. The van der Waals surface area contributed by atoms with E-state index in [4.69, 9.17) is 0 Å². The van der Waals surface area contributed by atoms with E-state index in [0.29, 0.717) is 0 Å². The van der Waals surface area contributed by atoms with E-state index in [1.165, 1.54) is 5.56 Å². The Hall–Kier alpha value is -0.820. The second-order valence-electron chi connectivity index (χ2n) is 2.25. The summed E-state index contributed by atoms with van der Waals surface area (Å²) >= 11 is 0. The number of hydrogen-bond acceptors (Lipinski definition) is 1. The van der Waals surface area contributed by atoms with Crippen LogP contribution in [0.4, 0.5) is 0 Å².